The van der Waals surface area contributed by atoms with Gasteiger partial charge < -0.3 is 29.4 Å². The monoisotopic (exact) mass is 674 g/mol. The maximum absolute atomic E-state index is 13.6. The number of fused-ring (bicyclic) bond motifs is 1. The van der Waals surface area contributed by atoms with Gasteiger partial charge in [0.15, 0.2) is 22.7 Å². The molecule has 4 aromatic carbocycles. The van der Waals surface area contributed by atoms with Crippen molar-refractivity contribution >= 4 is 45.5 Å². The zero-order chi connectivity index (χ0) is 34.3. The topological polar surface area (TPSA) is 123 Å². The number of hydrogen-bond acceptors (Lipinski definition) is 9. The van der Waals surface area contributed by atoms with E-state index in [9.17, 15) is 14.4 Å². The third-order valence-electron chi connectivity index (χ3n) is 7.99. The van der Waals surface area contributed by atoms with Crippen LogP contribution in [-0.2, 0) is 13.0 Å². The summed E-state index contributed by atoms with van der Waals surface area (Å²) in [7, 11) is 5.00. The first-order chi connectivity index (χ1) is 23.8. The van der Waals surface area contributed by atoms with Gasteiger partial charge in [-0.15, -0.1) is 11.3 Å². The van der Waals surface area contributed by atoms with Crippen LogP contribution in [0.25, 0.3) is 21.4 Å². The number of carbonyl (C=O) groups is 2. The summed E-state index contributed by atoms with van der Waals surface area (Å²) >= 11 is 1.63. The molecule has 0 spiro atoms. The van der Waals surface area contributed by atoms with E-state index < -0.39 is 11.8 Å². The van der Waals surface area contributed by atoms with Crippen LogP contribution >= 0.6 is 11.3 Å². The molecule has 0 saturated carbocycles. The molecule has 0 fully saturated rings. The third kappa shape index (κ3) is 7.86. The van der Waals surface area contributed by atoms with Crippen molar-refractivity contribution < 1.29 is 23.5 Å². The van der Waals surface area contributed by atoms with Crippen molar-refractivity contribution in [3.05, 3.63) is 135 Å². The number of anilines is 2. The fraction of sp³-hybridized carbons (Fsp3) is 0.158. The van der Waals surface area contributed by atoms with E-state index in [2.05, 4.69) is 51.8 Å². The van der Waals surface area contributed by atoms with E-state index in [1.165, 1.54) is 37.5 Å². The van der Waals surface area contributed by atoms with Gasteiger partial charge >= 0.3 is 0 Å². The Morgan fingerprint density at radius 3 is 2.29 bits per heavy atom. The lowest BCUT2D eigenvalue weighted by molar-refractivity contribution is 0.0997. The molecule has 2 amide bonds. The van der Waals surface area contributed by atoms with Crippen LogP contribution in [0.15, 0.2) is 112 Å². The highest BCUT2D eigenvalue weighted by atomic mass is 32.1. The number of thiazole rings is 1. The number of aromatic nitrogens is 1. The van der Waals surface area contributed by atoms with Crippen LogP contribution in [0.3, 0.4) is 0 Å². The molecule has 0 bridgehead atoms. The molecule has 0 radical (unpaired) electrons. The number of benzene rings is 4. The molecule has 6 aromatic rings. The van der Waals surface area contributed by atoms with Crippen LogP contribution in [0, 0.1) is 0 Å². The number of hydrogen-bond donors (Lipinski definition) is 2. The number of ether oxygens (including phenoxy) is 2. The Kier molecular flexibility index (Phi) is 10.1. The zero-order valence-corrected chi connectivity index (χ0v) is 28.0. The van der Waals surface area contributed by atoms with Crippen molar-refractivity contribution in [2.75, 3.05) is 38.4 Å². The van der Waals surface area contributed by atoms with E-state index >= 15 is 0 Å². The second kappa shape index (κ2) is 15.0. The predicted octanol–water partition coefficient (Wildman–Crippen LogP) is 7.11. The number of methoxy groups -OCH3 is 2. The second-order valence-corrected chi connectivity index (χ2v) is 12.3. The van der Waals surface area contributed by atoms with E-state index in [4.69, 9.17) is 13.9 Å². The van der Waals surface area contributed by atoms with E-state index in [1.54, 1.807) is 35.6 Å². The Hall–Kier alpha value is -5.78. The summed E-state index contributed by atoms with van der Waals surface area (Å²) in [5.41, 5.74) is 6.14. The Bertz CT molecular complexity index is 2150. The molecule has 2 heterocycles. The Morgan fingerprint density at radius 1 is 0.857 bits per heavy atom. The normalized spacial score (nSPS) is 11.0. The van der Waals surface area contributed by atoms with Gasteiger partial charge in [0.1, 0.15) is 5.58 Å². The van der Waals surface area contributed by atoms with Gasteiger partial charge in [0.2, 0.25) is 0 Å². The molecule has 0 saturated heterocycles. The summed E-state index contributed by atoms with van der Waals surface area (Å²) in [6.07, 6.45) is 2.72. The summed E-state index contributed by atoms with van der Waals surface area (Å²) in [6, 6.07) is 27.0. The minimum absolute atomic E-state index is 0.125. The molecule has 11 heteroatoms. The highest BCUT2D eigenvalue weighted by Crippen LogP contribution is 2.34. The Morgan fingerprint density at radius 2 is 1.57 bits per heavy atom. The number of carbonyl (C=O) groups excluding carboxylic acids is 2. The SMILES string of the molecule is COc1cc(NC(=O)c2cc(=O)c3ccccc3o2)c(C(=O)Nc2ccc(CCN(C)Cc3ccc(-c4cncs4)cc3)cc2)cc1OC. The molecule has 0 aliphatic heterocycles. The third-order valence-corrected chi connectivity index (χ3v) is 8.81. The summed E-state index contributed by atoms with van der Waals surface area (Å²) in [4.78, 5) is 47.0. The van der Waals surface area contributed by atoms with Crippen molar-refractivity contribution in [1.82, 2.24) is 9.88 Å². The van der Waals surface area contributed by atoms with Crippen molar-refractivity contribution in [1.29, 1.82) is 0 Å². The summed E-state index contributed by atoms with van der Waals surface area (Å²) in [6.45, 7) is 1.68. The van der Waals surface area contributed by atoms with Gasteiger partial charge in [0.25, 0.3) is 11.8 Å². The number of nitrogens with one attached hydrogen (secondary N) is 2. The molecule has 0 unspecified atom stereocenters. The van der Waals surface area contributed by atoms with Crippen LogP contribution in [0.2, 0.25) is 0 Å². The molecule has 49 heavy (non-hydrogen) atoms. The lowest BCUT2D eigenvalue weighted by Crippen LogP contribution is -2.21. The molecule has 0 aliphatic rings. The van der Waals surface area contributed by atoms with Crippen LogP contribution in [0.1, 0.15) is 32.0 Å². The van der Waals surface area contributed by atoms with Crippen LogP contribution in [-0.4, -0.2) is 49.5 Å². The molecule has 248 valence electrons. The zero-order valence-electron chi connectivity index (χ0n) is 27.2. The molecule has 0 aliphatic carbocycles. The van der Waals surface area contributed by atoms with Crippen molar-refractivity contribution in [3.63, 3.8) is 0 Å². The lowest BCUT2D eigenvalue weighted by atomic mass is 10.1. The molecule has 6 rings (SSSR count). The quantitative estimate of drug-likeness (QED) is 0.141. The van der Waals surface area contributed by atoms with E-state index in [0.717, 1.165) is 36.0 Å². The predicted molar refractivity (Wildman–Crippen MR) is 192 cm³/mol. The minimum atomic E-state index is -0.702. The average molecular weight is 675 g/mol. The van der Waals surface area contributed by atoms with Crippen molar-refractivity contribution in [3.8, 4) is 21.9 Å². The standard InChI is InChI=1S/C38H34N4O6S/c1-42(22-25-8-12-26(13-9-25)36-21-39-23-49-36)17-16-24-10-14-27(15-11-24)40-37(44)29-18-33(46-2)34(47-3)19-30(29)41-38(45)35-20-31(43)28-6-4-5-7-32(28)48-35/h4-15,18-21,23H,16-17,22H2,1-3H3,(H,40,44)(H,41,45). The first kappa shape index (κ1) is 33.1. The van der Waals surface area contributed by atoms with Crippen LogP contribution in [0.5, 0.6) is 11.5 Å². The molecular formula is C38H34N4O6S. The molecule has 2 N–H and O–H groups in total. The number of amides is 2. The fourth-order valence-electron chi connectivity index (χ4n) is 5.37. The number of nitrogens with zero attached hydrogens (tertiary/aromatic N) is 2. The summed E-state index contributed by atoms with van der Waals surface area (Å²) < 4.78 is 16.5. The average Bonchev–Trinajstić information content (AvgIpc) is 3.67. The van der Waals surface area contributed by atoms with Gasteiger partial charge in [0, 0.05) is 37.1 Å². The largest absolute Gasteiger partial charge is 0.493 e. The van der Waals surface area contributed by atoms with Gasteiger partial charge in [-0.1, -0.05) is 48.5 Å². The van der Waals surface area contributed by atoms with Gasteiger partial charge in [-0.2, -0.15) is 0 Å². The second-order valence-electron chi connectivity index (χ2n) is 11.4. The summed E-state index contributed by atoms with van der Waals surface area (Å²) in [5, 5.41) is 5.96. The minimum Gasteiger partial charge on any atom is -0.493 e. The Labute approximate surface area is 286 Å². The van der Waals surface area contributed by atoms with Crippen molar-refractivity contribution in [2.45, 2.75) is 13.0 Å². The fourth-order valence-corrected chi connectivity index (χ4v) is 6.00. The first-order valence-electron chi connectivity index (χ1n) is 15.5. The van der Waals surface area contributed by atoms with Crippen LogP contribution in [0.4, 0.5) is 11.4 Å². The number of para-hydroxylation sites is 1. The maximum Gasteiger partial charge on any atom is 0.291 e. The molecular weight excluding hydrogens is 641 g/mol. The van der Waals surface area contributed by atoms with E-state index in [0.29, 0.717) is 22.6 Å². The van der Waals surface area contributed by atoms with Crippen molar-refractivity contribution in [2.24, 2.45) is 0 Å². The molecule has 0 atom stereocenters. The van der Waals surface area contributed by atoms with E-state index in [-0.39, 0.29) is 28.0 Å². The highest BCUT2D eigenvalue weighted by molar-refractivity contribution is 7.13. The van der Waals surface area contributed by atoms with Gasteiger partial charge in [-0.3, -0.25) is 19.4 Å². The first-order valence-corrected chi connectivity index (χ1v) is 16.4. The number of rotatable bonds is 12. The summed E-state index contributed by atoms with van der Waals surface area (Å²) in [5.74, 6) is -0.776. The van der Waals surface area contributed by atoms with Gasteiger partial charge in [-0.25, -0.2) is 0 Å². The Balaban J connectivity index is 1.11. The maximum atomic E-state index is 13.6. The smallest absolute Gasteiger partial charge is 0.291 e. The molecule has 10 nitrogen and oxygen atoms in total. The van der Waals surface area contributed by atoms with Crippen LogP contribution < -0.4 is 25.5 Å². The molecule has 2 aromatic heterocycles. The van der Waals surface area contributed by atoms with E-state index in [1.807, 2.05) is 36.0 Å². The highest BCUT2D eigenvalue weighted by Gasteiger charge is 2.21. The van der Waals surface area contributed by atoms with Gasteiger partial charge in [0.05, 0.1) is 41.2 Å². The number of likely N-dealkylation sites (N-methyl/N-ethyl adjacent to an activating group) is 1. The lowest BCUT2D eigenvalue weighted by Gasteiger charge is -2.17. The van der Waals surface area contributed by atoms with Gasteiger partial charge in [-0.05, 0) is 60.5 Å².